The number of hydrogen-bond acceptors (Lipinski definition) is 6. The standard InChI is InChI=1S/C19H29N5O2S.HI/c1-13(2)26-17-8-7-15(9-21-17)10-22-19(20-4)24(5)11-16-12-27-18(23-16)14(3)25-6;/h7-9,12-14H,10-11H2,1-6H3,(H,20,22);1H. The van der Waals surface area contributed by atoms with Crippen LogP contribution in [0.3, 0.4) is 0 Å². The van der Waals surface area contributed by atoms with E-state index in [4.69, 9.17) is 9.47 Å². The van der Waals surface area contributed by atoms with Gasteiger partial charge in [0.15, 0.2) is 5.96 Å². The number of hydrogen-bond donors (Lipinski definition) is 1. The van der Waals surface area contributed by atoms with Gasteiger partial charge in [0.1, 0.15) is 11.1 Å². The van der Waals surface area contributed by atoms with Crippen molar-refractivity contribution in [1.82, 2.24) is 20.2 Å². The van der Waals surface area contributed by atoms with Crippen LogP contribution in [0.4, 0.5) is 0 Å². The van der Waals surface area contributed by atoms with E-state index in [1.165, 1.54) is 0 Å². The van der Waals surface area contributed by atoms with Gasteiger partial charge in [-0.25, -0.2) is 9.97 Å². The van der Waals surface area contributed by atoms with Crippen LogP contribution in [-0.2, 0) is 17.8 Å². The first-order valence-corrected chi connectivity index (χ1v) is 9.81. The van der Waals surface area contributed by atoms with Gasteiger partial charge in [-0.2, -0.15) is 0 Å². The Hall–Kier alpha value is -1.46. The number of rotatable bonds is 8. The molecule has 7 nitrogen and oxygen atoms in total. The van der Waals surface area contributed by atoms with E-state index in [1.807, 2.05) is 51.0 Å². The summed E-state index contributed by atoms with van der Waals surface area (Å²) in [6.45, 7) is 7.27. The summed E-state index contributed by atoms with van der Waals surface area (Å²) in [5, 5.41) is 6.40. The number of aromatic nitrogens is 2. The number of thiazole rings is 1. The smallest absolute Gasteiger partial charge is 0.213 e. The van der Waals surface area contributed by atoms with Crippen LogP contribution in [0.15, 0.2) is 28.7 Å². The third-order valence-electron chi connectivity index (χ3n) is 3.85. The largest absolute Gasteiger partial charge is 0.475 e. The highest BCUT2D eigenvalue weighted by Gasteiger charge is 2.12. The lowest BCUT2D eigenvalue weighted by molar-refractivity contribution is 0.119. The number of guanidine groups is 1. The summed E-state index contributed by atoms with van der Waals surface area (Å²) in [6.07, 6.45) is 1.95. The Bertz CT molecular complexity index is 736. The molecule has 0 aliphatic rings. The minimum atomic E-state index is 0. The van der Waals surface area contributed by atoms with Gasteiger partial charge in [-0.15, -0.1) is 35.3 Å². The van der Waals surface area contributed by atoms with Crippen molar-refractivity contribution >= 4 is 41.3 Å². The number of methoxy groups -OCH3 is 1. The van der Waals surface area contributed by atoms with Crippen molar-refractivity contribution in [3.8, 4) is 5.88 Å². The van der Waals surface area contributed by atoms with Crippen molar-refractivity contribution in [2.45, 2.75) is 46.1 Å². The van der Waals surface area contributed by atoms with Gasteiger partial charge in [0.25, 0.3) is 0 Å². The molecule has 0 saturated heterocycles. The van der Waals surface area contributed by atoms with E-state index in [2.05, 4.69) is 25.7 Å². The topological polar surface area (TPSA) is 71.9 Å². The summed E-state index contributed by atoms with van der Waals surface area (Å²) in [4.78, 5) is 15.4. The van der Waals surface area contributed by atoms with E-state index in [9.17, 15) is 0 Å². The molecule has 156 valence electrons. The molecule has 0 bridgehead atoms. The normalized spacial score (nSPS) is 12.5. The first kappa shape index (κ1) is 24.6. The zero-order valence-corrected chi connectivity index (χ0v) is 20.4. The number of aliphatic imine (C=N–C) groups is 1. The first-order valence-electron chi connectivity index (χ1n) is 8.93. The number of pyridine rings is 1. The van der Waals surface area contributed by atoms with Crippen molar-refractivity contribution in [2.24, 2.45) is 4.99 Å². The van der Waals surface area contributed by atoms with Crippen LogP contribution in [0.1, 0.15) is 43.1 Å². The van der Waals surface area contributed by atoms with Crippen LogP contribution >= 0.6 is 35.3 Å². The van der Waals surface area contributed by atoms with Gasteiger partial charge in [-0.05, 0) is 26.3 Å². The van der Waals surface area contributed by atoms with Crippen LogP contribution in [0.5, 0.6) is 5.88 Å². The van der Waals surface area contributed by atoms with Gasteiger partial charge in [-0.3, -0.25) is 4.99 Å². The minimum absolute atomic E-state index is 0. The molecule has 2 aromatic rings. The Morgan fingerprint density at radius 3 is 2.64 bits per heavy atom. The zero-order chi connectivity index (χ0) is 19.8. The molecule has 2 aromatic heterocycles. The fourth-order valence-electron chi connectivity index (χ4n) is 2.39. The molecule has 0 aliphatic carbocycles. The number of halogens is 1. The molecule has 9 heteroatoms. The van der Waals surface area contributed by atoms with Crippen molar-refractivity contribution in [2.75, 3.05) is 21.2 Å². The Balaban J connectivity index is 0.00000392. The minimum Gasteiger partial charge on any atom is -0.475 e. The summed E-state index contributed by atoms with van der Waals surface area (Å²) < 4.78 is 10.9. The van der Waals surface area contributed by atoms with Crippen LogP contribution in [-0.4, -0.2) is 48.1 Å². The number of nitrogens with one attached hydrogen (secondary N) is 1. The summed E-state index contributed by atoms with van der Waals surface area (Å²) in [6, 6.07) is 3.89. The predicted octanol–water partition coefficient (Wildman–Crippen LogP) is 3.86. The van der Waals surface area contributed by atoms with Crippen LogP contribution in [0.25, 0.3) is 0 Å². The molecule has 0 spiro atoms. The second-order valence-electron chi connectivity index (χ2n) is 6.48. The molecule has 2 heterocycles. The van der Waals surface area contributed by atoms with Crippen molar-refractivity contribution in [3.63, 3.8) is 0 Å². The summed E-state index contributed by atoms with van der Waals surface area (Å²) in [5.41, 5.74) is 2.06. The highest BCUT2D eigenvalue weighted by molar-refractivity contribution is 14.0. The van der Waals surface area contributed by atoms with E-state index in [0.29, 0.717) is 19.0 Å². The van der Waals surface area contributed by atoms with Gasteiger partial charge in [0.05, 0.1) is 18.3 Å². The molecule has 0 amide bonds. The quantitative estimate of drug-likeness (QED) is 0.325. The Morgan fingerprint density at radius 2 is 2.07 bits per heavy atom. The fraction of sp³-hybridized carbons (Fsp3) is 0.526. The molecule has 0 saturated carbocycles. The van der Waals surface area contributed by atoms with E-state index >= 15 is 0 Å². The van der Waals surface area contributed by atoms with E-state index in [0.717, 1.165) is 22.2 Å². The second-order valence-corrected chi connectivity index (χ2v) is 7.37. The molecule has 28 heavy (non-hydrogen) atoms. The second kappa shape index (κ2) is 12.2. The molecular weight excluding hydrogens is 489 g/mol. The Labute approximate surface area is 188 Å². The summed E-state index contributed by atoms with van der Waals surface area (Å²) in [7, 11) is 5.46. The Morgan fingerprint density at radius 1 is 1.32 bits per heavy atom. The van der Waals surface area contributed by atoms with Crippen molar-refractivity contribution in [3.05, 3.63) is 40.0 Å². The van der Waals surface area contributed by atoms with Crippen molar-refractivity contribution < 1.29 is 9.47 Å². The van der Waals surface area contributed by atoms with Gasteiger partial charge in [0, 0.05) is 45.4 Å². The molecule has 0 aliphatic heterocycles. The molecular formula is C19H30IN5O2S. The van der Waals surface area contributed by atoms with Crippen LogP contribution < -0.4 is 10.1 Å². The zero-order valence-electron chi connectivity index (χ0n) is 17.3. The first-order chi connectivity index (χ1) is 12.9. The lowest BCUT2D eigenvalue weighted by Crippen LogP contribution is -2.38. The van der Waals surface area contributed by atoms with Gasteiger partial charge in [0.2, 0.25) is 5.88 Å². The van der Waals surface area contributed by atoms with E-state index in [-0.39, 0.29) is 36.2 Å². The summed E-state index contributed by atoms with van der Waals surface area (Å²) >= 11 is 1.62. The molecule has 1 unspecified atom stereocenters. The lowest BCUT2D eigenvalue weighted by Gasteiger charge is -2.21. The maximum Gasteiger partial charge on any atom is 0.213 e. The highest BCUT2D eigenvalue weighted by Crippen LogP contribution is 2.21. The van der Waals surface area contributed by atoms with Gasteiger partial charge >= 0.3 is 0 Å². The third-order valence-corrected chi connectivity index (χ3v) is 4.90. The molecule has 0 fully saturated rings. The maximum absolute atomic E-state index is 5.57. The van der Waals surface area contributed by atoms with E-state index < -0.39 is 0 Å². The molecule has 1 atom stereocenters. The predicted molar refractivity (Wildman–Crippen MR) is 125 cm³/mol. The average molecular weight is 519 g/mol. The third kappa shape index (κ3) is 7.51. The fourth-order valence-corrected chi connectivity index (χ4v) is 3.24. The molecule has 1 N–H and O–H groups in total. The van der Waals surface area contributed by atoms with E-state index in [1.54, 1.807) is 25.5 Å². The molecule has 0 aromatic carbocycles. The SMILES string of the molecule is CN=C(NCc1ccc(OC(C)C)nc1)N(C)Cc1csc(C(C)OC)n1.I. The molecule has 2 rings (SSSR count). The average Bonchev–Trinajstić information content (AvgIpc) is 3.11. The van der Waals surface area contributed by atoms with Crippen LogP contribution in [0, 0.1) is 0 Å². The number of nitrogens with zero attached hydrogens (tertiary/aromatic N) is 4. The van der Waals surface area contributed by atoms with Gasteiger partial charge < -0.3 is 19.7 Å². The number of ether oxygens (including phenoxy) is 2. The van der Waals surface area contributed by atoms with Crippen molar-refractivity contribution in [1.29, 1.82) is 0 Å². The highest BCUT2D eigenvalue weighted by atomic mass is 127. The summed E-state index contributed by atoms with van der Waals surface area (Å²) in [5.74, 6) is 1.44. The molecule has 0 radical (unpaired) electrons. The Kier molecular flexibility index (Phi) is 10.7. The van der Waals surface area contributed by atoms with Gasteiger partial charge in [-0.1, -0.05) is 6.07 Å². The van der Waals surface area contributed by atoms with Crippen LogP contribution in [0.2, 0.25) is 0 Å². The maximum atomic E-state index is 5.57. The lowest BCUT2D eigenvalue weighted by atomic mass is 10.3. The monoisotopic (exact) mass is 519 g/mol.